The molecule has 0 unspecified atom stereocenters. The highest BCUT2D eigenvalue weighted by molar-refractivity contribution is 5.89. The van der Waals surface area contributed by atoms with Gasteiger partial charge in [-0.15, -0.1) is 0 Å². The zero-order chi connectivity index (χ0) is 9.68. The lowest BCUT2D eigenvalue weighted by atomic mass is 10.3. The number of esters is 1. The van der Waals surface area contributed by atoms with Gasteiger partial charge in [-0.1, -0.05) is 0 Å². The third-order valence-electron chi connectivity index (χ3n) is 1.27. The van der Waals surface area contributed by atoms with Gasteiger partial charge >= 0.3 is 5.97 Å². The molecule has 0 aliphatic rings. The van der Waals surface area contributed by atoms with E-state index < -0.39 is 5.97 Å². The quantitative estimate of drug-likeness (QED) is 0.527. The lowest BCUT2D eigenvalue weighted by molar-refractivity contribution is 0.0292. The highest BCUT2D eigenvalue weighted by Crippen LogP contribution is 2.06. The third kappa shape index (κ3) is 2.66. The molecule has 70 valence electrons. The van der Waals surface area contributed by atoms with Crippen molar-refractivity contribution in [2.24, 2.45) is 0 Å². The van der Waals surface area contributed by atoms with Gasteiger partial charge < -0.3 is 13.9 Å². The fourth-order valence-electron chi connectivity index (χ4n) is 0.733. The maximum Gasteiger partial charge on any atom is 0.349 e. The van der Waals surface area contributed by atoms with Crippen LogP contribution in [0.3, 0.4) is 0 Å². The van der Waals surface area contributed by atoms with Crippen molar-refractivity contribution in [3.8, 4) is 0 Å². The van der Waals surface area contributed by atoms with Crippen LogP contribution in [0.1, 0.15) is 17.3 Å². The maximum absolute atomic E-state index is 11.2. The summed E-state index contributed by atoms with van der Waals surface area (Å²) in [7, 11) is 0. The van der Waals surface area contributed by atoms with Gasteiger partial charge in [0.2, 0.25) is 0 Å². The van der Waals surface area contributed by atoms with Crippen LogP contribution < -0.4 is 0 Å². The van der Waals surface area contributed by atoms with Gasteiger partial charge in [-0.25, -0.2) is 4.79 Å². The van der Waals surface area contributed by atoms with E-state index in [1.807, 2.05) is 0 Å². The van der Waals surface area contributed by atoms with E-state index in [0.29, 0.717) is 12.2 Å². The molecule has 0 amide bonds. The van der Waals surface area contributed by atoms with E-state index in [-0.39, 0.29) is 5.95 Å². The summed E-state index contributed by atoms with van der Waals surface area (Å²) in [6, 6.07) is 1.50. The van der Waals surface area contributed by atoms with Gasteiger partial charge in [0.15, 0.2) is 0 Å². The Hall–Kier alpha value is -1.71. The Labute approximate surface area is 75.7 Å². The van der Waals surface area contributed by atoms with Crippen LogP contribution in [0.5, 0.6) is 0 Å². The van der Waals surface area contributed by atoms with Crippen molar-refractivity contribution in [3.63, 3.8) is 0 Å². The fourth-order valence-corrected chi connectivity index (χ4v) is 0.733. The second kappa shape index (κ2) is 4.35. The summed E-state index contributed by atoms with van der Waals surface area (Å²) in [6.07, 6.45) is 2.68. The first-order valence-electron chi connectivity index (χ1n) is 3.80. The van der Waals surface area contributed by atoms with Gasteiger partial charge in [0.05, 0.1) is 18.4 Å². The van der Waals surface area contributed by atoms with Gasteiger partial charge in [-0.2, -0.15) is 0 Å². The Morgan fingerprint density at radius 2 is 2.46 bits per heavy atom. The van der Waals surface area contributed by atoms with Crippen molar-refractivity contribution in [1.82, 2.24) is 0 Å². The molecule has 0 bridgehead atoms. The molecule has 0 aliphatic carbocycles. The Kier molecular flexibility index (Phi) is 3.14. The van der Waals surface area contributed by atoms with E-state index in [1.165, 1.54) is 18.6 Å². The van der Waals surface area contributed by atoms with Gasteiger partial charge in [0, 0.05) is 0 Å². The molecule has 4 heteroatoms. The Morgan fingerprint density at radius 3 is 3.00 bits per heavy atom. The van der Waals surface area contributed by atoms with Gasteiger partial charge in [0.1, 0.15) is 6.26 Å². The van der Waals surface area contributed by atoms with Crippen LogP contribution in [0.2, 0.25) is 0 Å². The molecule has 0 spiro atoms. The van der Waals surface area contributed by atoms with Crippen molar-refractivity contribution in [2.75, 3.05) is 6.61 Å². The number of ether oxygens (including phenoxy) is 2. The largest absolute Gasteiger partial charge is 0.472 e. The first-order chi connectivity index (χ1) is 6.24. The summed E-state index contributed by atoms with van der Waals surface area (Å²) in [6.45, 7) is 5.59. The fraction of sp³-hybridized carbons (Fsp3) is 0.222. The van der Waals surface area contributed by atoms with Crippen LogP contribution in [0.4, 0.5) is 0 Å². The maximum atomic E-state index is 11.2. The summed E-state index contributed by atoms with van der Waals surface area (Å²) in [4.78, 5) is 11.2. The molecule has 0 N–H and O–H groups in total. The number of rotatable bonds is 4. The third-order valence-corrected chi connectivity index (χ3v) is 1.27. The summed E-state index contributed by atoms with van der Waals surface area (Å²) >= 11 is 0. The molecule has 0 aromatic carbocycles. The Balaban J connectivity index is 2.47. The van der Waals surface area contributed by atoms with E-state index >= 15 is 0 Å². The van der Waals surface area contributed by atoms with Crippen molar-refractivity contribution < 1.29 is 18.7 Å². The predicted octanol–water partition coefficient (Wildman–Crippen LogP) is 1.94. The standard InChI is InChI=1S/C9H10O4/c1-3-12-7(2)13-9(10)8-4-5-11-6-8/h4-6H,2-3H2,1H3. The summed E-state index contributed by atoms with van der Waals surface area (Å²) < 4.78 is 14.3. The van der Waals surface area contributed by atoms with Crippen LogP contribution in [0.15, 0.2) is 35.5 Å². The summed E-state index contributed by atoms with van der Waals surface area (Å²) in [5.41, 5.74) is 0.334. The van der Waals surface area contributed by atoms with Crippen molar-refractivity contribution >= 4 is 5.97 Å². The summed E-state index contributed by atoms with van der Waals surface area (Å²) in [5, 5.41) is 0. The van der Waals surface area contributed by atoms with E-state index in [1.54, 1.807) is 6.92 Å². The molecule has 0 aliphatic heterocycles. The monoisotopic (exact) mass is 182 g/mol. The van der Waals surface area contributed by atoms with Gasteiger partial charge in [0.25, 0.3) is 5.95 Å². The highest BCUT2D eigenvalue weighted by atomic mass is 16.7. The topological polar surface area (TPSA) is 48.7 Å². The van der Waals surface area contributed by atoms with Crippen LogP contribution in [-0.2, 0) is 9.47 Å². The number of hydrogen-bond acceptors (Lipinski definition) is 4. The van der Waals surface area contributed by atoms with Crippen LogP contribution in [0.25, 0.3) is 0 Å². The molecule has 0 saturated carbocycles. The Morgan fingerprint density at radius 1 is 1.69 bits per heavy atom. The molecule has 1 heterocycles. The number of carbonyl (C=O) groups excluding carboxylic acids is 1. The highest BCUT2D eigenvalue weighted by Gasteiger charge is 2.10. The van der Waals surface area contributed by atoms with Crippen molar-refractivity contribution in [3.05, 3.63) is 36.7 Å². The minimum absolute atomic E-state index is 0.00583. The normalized spacial score (nSPS) is 9.31. The van der Waals surface area contributed by atoms with Crippen LogP contribution in [-0.4, -0.2) is 12.6 Å². The van der Waals surface area contributed by atoms with E-state index in [0.717, 1.165) is 0 Å². The SMILES string of the molecule is C=C(OCC)OC(=O)c1ccoc1. The zero-order valence-corrected chi connectivity index (χ0v) is 7.28. The molecule has 0 saturated heterocycles. The van der Waals surface area contributed by atoms with E-state index in [2.05, 4.69) is 6.58 Å². The molecule has 1 rings (SSSR count). The van der Waals surface area contributed by atoms with Crippen molar-refractivity contribution in [2.45, 2.75) is 6.92 Å². The van der Waals surface area contributed by atoms with Gasteiger partial charge in [-0.05, 0) is 19.6 Å². The Bertz CT molecular complexity index is 287. The number of carbonyl (C=O) groups is 1. The lowest BCUT2D eigenvalue weighted by Gasteiger charge is -2.05. The smallest absolute Gasteiger partial charge is 0.349 e. The molecule has 0 atom stereocenters. The van der Waals surface area contributed by atoms with Crippen LogP contribution >= 0.6 is 0 Å². The first kappa shape index (κ1) is 9.38. The molecular formula is C9H10O4. The van der Waals surface area contributed by atoms with E-state index in [4.69, 9.17) is 13.9 Å². The van der Waals surface area contributed by atoms with E-state index in [9.17, 15) is 4.79 Å². The molecule has 1 aromatic rings. The van der Waals surface area contributed by atoms with Crippen molar-refractivity contribution in [1.29, 1.82) is 0 Å². The van der Waals surface area contributed by atoms with Crippen LogP contribution in [0, 0.1) is 0 Å². The molecule has 13 heavy (non-hydrogen) atoms. The summed E-state index contributed by atoms with van der Waals surface area (Å²) in [5.74, 6) is -0.541. The first-order valence-corrected chi connectivity index (χ1v) is 3.80. The second-order valence-corrected chi connectivity index (χ2v) is 2.21. The predicted molar refractivity (Wildman–Crippen MR) is 44.9 cm³/mol. The number of hydrogen-bond donors (Lipinski definition) is 0. The minimum atomic E-state index is -0.535. The minimum Gasteiger partial charge on any atom is -0.472 e. The second-order valence-electron chi connectivity index (χ2n) is 2.21. The molecule has 0 fully saturated rings. The average Bonchev–Trinajstić information content (AvgIpc) is 2.55. The lowest BCUT2D eigenvalue weighted by Crippen LogP contribution is -2.05. The molecule has 4 nitrogen and oxygen atoms in total. The number of furan rings is 1. The average molecular weight is 182 g/mol. The van der Waals surface area contributed by atoms with Gasteiger partial charge in [-0.3, -0.25) is 0 Å². The molecule has 0 radical (unpaired) electrons. The molecule has 1 aromatic heterocycles. The molecular weight excluding hydrogens is 172 g/mol. The zero-order valence-electron chi connectivity index (χ0n) is 7.28.